The van der Waals surface area contributed by atoms with Crippen LogP contribution in [0.15, 0.2) is 75.1 Å². The predicted molar refractivity (Wildman–Crippen MR) is 125 cm³/mol. The number of rotatable bonds is 4. The van der Waals surface area contributed by atoms with E-state index in [1.165, 1.54) is 17.3 Å². The van der Waals surface area contributed by atoms with Gasteiger partial charge in [0.2, 0.25) is 0 Å². The first kappa shape index (κ1) is 21.0. The highest BCUT2D eigenvalue weighted by molar-refractivity contribution is 9.10. The molecule has 4 rings (SSSR count). The van der Waals surface area contributed by atoms with Gasteiger partial charge in [0.15, 0.2) is 0 Å². The SMILES string of the molecule is Cc1ccccc1N1CCN(C(=O)C(C#N)=Cc2ccc(-c3ccc(Br)cc3)o2)CC1. The molecule has 156 valence electrons. The number of piperazine rings is 1. The van der Waals surface area contributed by atoms with Crippen molar-refractivity contribution in [3.63, 3.8) is 0 Å². The minimum atomic E-state index is -0.256. The maximum absolute atomic E-state index is 12.9. The molecule has 3 aromatic rings. The van der Waals surface area contributed by atoms with Gasteiger partial charge in [0.05, 0.1) is 0 Å². The number of carbonyl (C=O) groups is 1. The van der Waals surface area contributed by atoms with E-state index in [1.54, 1.807) is 11.0 Å². The standard InChI is InChI=1S/C25H22BrN3O2/c1-18-4-2-3-5-23(18)28-12-14-29(15-13-28)25(30)20(17-27)16-22-10-11-24(31-22)19-6-8-21(26)9-7-19/h2-11,16H,12-15H2,1H3. The van der Waals surface area contributed by atoms with E-state index in [4.69, 9.17) is 4.42 Å². The summed E-state index contributed by atoms with van der Waals surface area (Å²) in [6, 6.07) is 21.7. The Morgan fingerprint density at radius 1 is 1.03 bits per heavy atom. The summed E-state index contributed by atoms with van der Waals surface area (Å²) in [6.45, 7) is 4.73. The molecule has 1 amide bonds. The van der Waals surface area contributed by atoms with Crippen LogP contribution >= 0.6 is 15.9 Å². The average molecular weight is 476 g/mol. The lowest BCUT2D eigenvalue weighted by atomic mass is 10.1. The van der Waals surface area contributed by atoms with Crippen molar-refractivity contribution in [1.29, 1.82) is 5.26 Å². The van der Waals surface area contributed by atoms with Gasteiger partial charge in [0.25, 0.3) is 5.91 Å². The number of hydrogen-bond donors (Lipinski definition) is 0. The fourth-order valence-electron chi connectivity index (χ4n) is 3.72. The number of anilines is 1. The minimum Gasteiger partial charge on any atom is -0.457 e. The molecule has 0 spiro atoms. The van der Waals surface area contributed by atoms with Gasteiger partial charge in [-0.25, -0.2) is 0 Å². The van der Waals surface area contributed by atoms with Crippen LogP contribution in [0.4, 0.5) is 5.69 Å². The molecule has 1 aliphatic rings. The van der Waals surface area contributed by atoms with Crippen LogP contribution in [0.1, 0.15) is 11.3 Å². The van der Waals surface area contributed by atoms with Crippen LogP contribution in [-0.2, 0) is 4.79 Å². The smallest absolute Gasteiger partial charge is 0.264 e. The quantitative estimate of drug-likeness (QED) is 0.380. The zero-order valence-corrected chi connectivity index (χ0v) is 18.8. The second kappa shape index (κ2) is 9.23. The first-order valence-corrected chi connectivity index (χ1v) is 10.9. The van der Waals surface area contributed by atoms with Crippen LogP contribution in [0.3, 0.4) is 0 Å². The van der Waals surface area contributed by atoms with Crippen LogP contribution in [0.5, 0.6) is 0 Å². The van der Waals surface area contributed by atoms with E-state index < -0.39 is 0 Å². The Labute approximate surface area is 190 Å². The number of para-hydroxylation sites is 1. The number of halogens is 1. The molecule has 0 unspecified atom stereocenters. The summed E-state index contributed by atoms with van der Waals surface area (Å²) in [5.41, 5.74) is 3.43. The normalized spacial score (nSPS) is 14.4. The number of nitrogens with zero attached hydrogens (tertiary/aromatic N) is 3. The Hall–Kier alpha value is -3.30. The molecule has 0 atom stereocenters. The van der Waals surface area contributed by atoms with Crippen molar-refractivity contribution >= 4 is 33.6 Å². The molecular formula is C25H22BrN3O2. The van der Waals surface area contributed by atoms with Crippen LogP contribution in [0, 0.1) is 18.3 Å². The van der Waals surface area contributed by atoms with Gasteiger partial charge in [-0.1, -0.05) is 46.3 Å². The number of aryl methyl sites for hydroxylation is 1. The van der Waals surface area contributed by atoms with Crippen molar-refractivity contribution in [3.8, 4) is 17.4 Å². The molecule has 31 heavy (non-hydrogen) atoms. The van der Waals surface area contributed by atoms with Gasteiger partial charge in [0, 0.05) is 48.0 Å². The summed E-state index contributed by atoms with van der Waals surface area (Å²) < 4.78 is 6.83. The van der Waals surface area contributed by atoms with Crippen molar-refractivity contribution in [2.75, 3.05) is 31.1 Å². The lowest BCUT2D eigenvalue weighted by molar-refractivity contribution is -0.126. The topological polar surface area (TPSA) is 60.5 Å². The van der Waals surface area contributed by atoms with Crippen molar-refractivity contribution < 1.29 is 9.21 Å². The number of nitriles is 1. The highest BCUT2D eigenvalue weighted by atomic mass is 79.9. The highest BCUT2D eigenvalue weighted by Gasteiger charge is 2.24. The Kier molecular flexibility index (Phi) is 6.24. The monoisotopic (exact) mass is 475 g/mol. The minimum absolute atomic E-state index is 0.0843. The molecule has 1 aliphatic heterocycles. The maximum atomic E-state index is 12.9. The molecule has 0 radical (unpaired) electrons. The van der Waals surface area contributed by atoms with E-state index in [0.717, 1.165) is 23.1 Å². The van der Waals surface area contributed by atoms with Crippen molar-refractivity contribution in [3.05, 3.63) is 82.0 Å². The summed E-state index contributed by atoms with van der Waals surface area (Å²) in [5.74, 6) is 0.922. The van der Waals surface area contributed by atoms with Crippen LogP contribution in [0.25, 0.3) is 17.4 Å². The lowest BCUT2D eigenvalue weighted by Crippen LogP contribution is -2.49. The van der Waals surface area contributed by atoms with E-state index >= 15 is 0 Å². The second-order valence-electron chi connectivity index (χ2n) is 7.44. The van der Waals surface area contributed by atoms with Crippen LogP contribution in [0.2, 0.25) is 0 Å². The predicted octanol–water partition coefficient (Wildman–Crippen LogP) is 5.27. The molecular weight excluding hydrogens is 454 g/mol. The molecule has 1 aromatic heterocycles. The van der Waals surface area contributed by atoms with Crippen molar-refractivity contribution in [2.45, 2.75) is 6.92 Å². The molecule has 1 saturated heterocycles. The first-order chi connectivity index (χ1) is 15.0. The molecule has 0 aliphatic carbocycles. The third-order valence-electron chi connectivity index (χ3n) is 5.42. The molecule has 5 nitrogen and oxygen atoms in total. The van der Waals surface area contributed by atoms with Gasteiger partial charge < -0.3 is 14.2 Å². The summed E-state index contributed by atoms with van der Waals surface area (Å²) in [6.07, 6.45) is 1.53. The van der Waals surface area contributed by atoms with Gasteiger partial charge in [-0.3, -0.25) is 4.79 Å². The lowest BCUT2D eigenvalue weighted by Gasteiger charge is -2.36. The third-order valence-corrected chi connectivity index (χ3v) is 5.94. The fourth-order valence-corrected chi connectivity index (χ4v) is 3.99. The highest BCUT2D eigenvalue weighted by Crippen LogP contribution is 2.26. The Morgan fingerprint density at radius 3 is 2.42 bits per heavy atom. The number of amides is 1. The molecule has 0 N–H and O–H groups in total. The van der Waals surface area contributed by atoms with E-state index in [-0.39, 0.29) is 11.5 Å². The molecule has 2 aromatic carbocycles. The van der Waals surface area contributed by atoms with Crippen molar-refractivity contribution in [1.82, 2.24) is 4.90 Å². The Balaban J connectivity index is 1.44. The summed E-state index contributed by atoms with van der Waals surface area (Å²) in [4.78, 5) is 16.9. The molecule has 0 bridgehead atoms. The van der Waals surface area contributed by atoms with Crippen LogP contribution in [-0.4, -0.2) is 37.0 Å². The maximum Gasteiger partial charge on any atom is 0.264 e. The van der Waals surface area contributed by atoms with E-state index in [0.29, 0.717) is 24.6 Å². The average Bonchev–Trinajstić information content (AvgIpc) is 3.26. The van der Waals surface area contributed by atoms with Gasteiger partial charge in [-0.05, 0) is 42.8 Å². The second-order valence-corrected chi connectivity index (χ2v) is 8.36. The van der Waals surface area contributed by atoms with E-state index in [2.05, 4.69) is 39.9 Å². The largest absolute Gasteiger partial charge is 0.457 e. The summed E-state index contributed by atoms with van der Waals surface area (Å²) in [7, 11) is 0. The van der Waals surface area contributed by atoms with E-state index in [9.17, 15) is 10.1 Å². The zero-order valence-electron chi connectivity index (χ0n) is 17.2. The third kappa shape index (κ3) is 4.73. The number of carbonyl (C=O) groups excluding carboxylic acids is 1. The number of benzene rings is 2. The van der Waals surface area contributed by atoms with Gasteiger partial charge in [-0.2, -0.15) is 5.26 Å². The van der Waals surface area contributed by atoms with Crippen molar-refractivity contribution in [2.24, 2.45) is 0 Å². The molecule has 0 saturated carbocycles. The molecule has 2 heterocycles. The summed E-state index contributed by atoms with van der Waals surface area (Å²) in [5, 5.41) is 9.59. The number of hydrogen-bond acceptors (Lipinski definition) is 4. The molecule has 6 heteroatoms. The van der Waals surface area contributed by atoms with Gasteiger partial charge >= 0.3 is 0 Å². The van der Waals surface area contributed by atoms with Gasteiger partial charge in [0.1, 0.15) is 23.2 Å². The Bertz CT molecular complexity index is 1150. The Morgan fingerprint density at radius 2 is 1.74 bits per heavy atom. The van der Waals surface area contributed by atoms with E-state index in [1.807, 2.05) is 48.5 Å². The zero-order chi connectivity index (χ0) is 21.8. The fraction of sp³-hybridized carbons (Fsp3) is 0.200. The molecule has 1 fully saturated rings. The summed E-state index contributed by atoms with van der Waals surface area (Å²) >= 11 is 3.42. The first-order valence-electron chi connectivity index (χ1n) is 10.1. The van der Waals surface area contributed by atoms with Crippen LogP contribution < -0.4 is 4.90 Å². The van der Waals surface area contributed by atoms with Gasteiger partial charge in [-0.15, -0.1) is 0 Å². The number of furan rings is 1.